The highest BCUT2D eigenvalue weighted by Crippen LogP contribution is 2.07. The van der Waals surface area contributed by atoms with Crippen LogP contribution in [0.2, 0.25) is 0 Å². The molecule has 0 unspecified atom stereocenters. The van der Waals surface area contributed by atoms with Gasteiger partial charge >= 0.3 is 0 Å². The Morgan fingerprint density at radius 3 is 2.64 bits per heavy atom. The van der Waals surface area contributed by atoms with Crippen LogP contribution in [0.5, 0.6) is 0 Å². The highest BCUT2D eigenvalue weighted by molar-refractivity contribution is 5.93. The molecule has 0 bridgehead atoms. The first-order chi connectivity index (χ1) is 6.61. The molecule has 0 aliphatic carbocycles. The second-order valence-electron chi connectivity index (χ2n) is 3.32. The molecule has 0 heterocycles. The SMILES string of the molecule is C=N/N=C(\C=C(/C)C(C)C)NCCO. The van der Waals surface area contributed by atoms with Crippen molar-refractivity contribution < 1.29 is 5.11 Å². The molecule has 0 spiro atoms. The van der Waals surface area contributed by atoms with Gasteiger partial charge in [0.1, 0.15) is 5.84 Å². The van der Waals surface area contributed by atoms with Crippen LogP contribution in [0.25, 0.3) is 0 Å². The topological polar surface area (TPSA) is 57.0 Å². The maximum absolute atomic E-state index is 8.64. The molecule has 80 valence electrons. The number of aliphatic hydroxyl groups is 1. The van der Waals surface area contributed by atoms with Gasteiger partial charge < -0.3 is 10.4 Å². The fourth-order valence-corrected chi connectivity index (χ4v) is 0.758. The van der Waals surface area contributed by atoms with Crippen molar-refractivity contribution >= 4 is 12.6 Å². The predicted octanol–water partition coefficient (Wildman–Crippen LogP) is 1.18. The number of aliphatic hydroxyl groups excluding tert-OH is 1. The lowest BCUT2D eigenvalue weighted by Crippen LogP contribution is -2.25. The maximum Gasteiger partial charge on any atom is 0.148 e. The summed E-state index contributed by atoms with van der Waals surface area (Å²) in [5.41, 5.74) is 1.21. The van der Waals surface area contributed by atoms with Crippen LogP contribution in [-0.2, 0) is 0 Å². The summed E-state index contributed by atoms with van der Waals surface area (Å²) in [5.74, 6) is 1.11. The number of hydrogen-bond acceptors (Lipinski definition) is 3. The van der Waals surface area contributed by atoms with Gasteiger partial charge in [-0.15, -0.1) is 5.10 Å². The monoisotopic (exact) mass is 197 g/mol. The van der Waals surface area contributed by atoms with Crippen LogP contribution in [0.15, 0.2) is 21.9 Å². The molecular weight excluding hydrogens is 178 g/mol. The average molecular weight is 197 g/mol. The van der Waals surface area contributed by atoms with E-state index in [9.17, 15) is 0 Å². The number of allylic oxidation sites excluding steroid dienone is 1. The zero-order chi connectivity index (χ0) is 11.0. The van der Waals surface area contributed by atoms with Crippen LogP contribution in [0.1, 0.15) is 20.8 Å². The number of rotatable bonds is 5. The van der Waals surface area contributed by atoms with Crippen molar-refractivity contribution in [1.82, 2.24) is 5.32 Å². The Morgan fingerprint density at radius 2 is 2.21 bits per heavy atom. The lowest BCUT2D eigenvalue weighted by molar-refractivity contribution is 0.300. The quantitative estimate of drug-likeness (QED) is 0.395. The van der Waals surface area contributed by atoms with Crippen LogP contribution >= 0.6 is 0 Å². The lowest BCUT2D eigenvalue weighted by atomic mass is 10.1. The molecule has 0 amide bonds. The minimum Gasteiger partial charge on any atom is -0.395 e. The number of amidine groups is 1. The van der Waals surface area contributed by atoms with Gasteiger partial charge in [-0.2, -0.15) is 5.10 Å². The standard InChI is InChI=1S/C10H19N3O/c1-8(2)9(3)7-10(13-11-4)12-5-6-14/h7-8,14H,4-6H2,1-3H3,(H,12,13)/b9-7+. The van der Waals surface area contributed by atoms with Gasteiger partial charge in [0.2, 0.25) is 0 Å². The Hall–Kier alpha value is -1.16. The summed E-state index contributed by atoms with van der Waals surface area (Å²) in [6.45, 7) is 10.1. The molecule has 2 N–H and O–H groups in total. The van der Waals surface area contributed by atoms with Crippen molar-refractivity contribution in [1.29, 1.82) is 0 Å². The molecule has 0 fully saturated rings. The first-order valence-corrected chi connectivity index (χ1v) is 4.68. The molecule has 4 nitrogen and oxygen atoms in total. The van der Waals surface area contributed by atoms with Crippen LogP contribution in [-0.4, -0.2) is 30.8 Å². The number of nitrogens with zero attached hydrogens (tertiary/aromatic N) is 2. The van der Waals surface area contributed by atoms with Gasteiger partial charge in [0.05, 0.1) is 6.61 Å². The van der Waals surface area contributed by atoms with E-state index < -0.39 is 0 Å². The summed E-state index contributed by atoms with van der Waals surface area (Å²) in [6.07, 6.45) is 1.91. The van der Waals surface area contributed by atoms with Crippen molar-refractivity contribution in [2.75, 3.05) is 13.2 Å². The van der Waals surface area contributed by atoms with Gasteiger partial charge in [0, 0.05) is 13.3 Å². The molecule has 14 heavy (non-hydrogen) atoms. The zero-order valence-electron chi connectivity index (χ0n) is 9.12. The normalized spacial score (nSPS) is 13.2. The third kappa shape index (κ3) is 5.48. The zero-order valence-corrected chi connectivity index (χ0v) is 9.12. The Kier molecular flexibility index (Phi) is 6.66. The Labute approximate surface area is 85.4 Å². The largest absolute Gasteiger partial charge is 0.395 e. The maximum atomic E-state index is 8.64. The highest BCUT2D eigenvalue weighted by atomic mass is 16.3. The molecule has 0 saturated heterocycles. The average Bonchev–Trinajstić information content (AvgIpc) is 2.14. The van der Waals surface area contributed by atoms with E-state index in [0.717, 1.165) is 0 Å². The fourth-order valence-electron chi connectivity index (χ4n) is 0.758. The minimum atomic E-state index is 0.0741. The second kappa shape index (κ2) is 7.26. The molecule has 0 aromatic heterocycles. The van der Waals surface area contributed by atoms with Gasteiger partial charge in [-0.05, 0) is 18.9 Å². The summed E-state index contributed by atoms with van der Waals surface area (Å²) in [5, 5.41) is 18.9. The third-order valence-electron chi connectivity index (χ3n) is 1.87. The van der Waals surface area contributed by atoms with Crippen molar-refractivity contribution in [3.8, 4) is 0 Å². The van der Waals surface area contributed by atoms with E-state index in [4.69, 9.17) is 5.11 Å². The molecule has 0 aliphatic heterocycles. The van der Waals surface area contributed by atoms with Crippen LogP contribution in [0.3, 0.4) is 0 Å². The molecule has 0 atom stereocenters. The fraction of sp³-hybridized carbons (Fsp3) is 0.600. The van der Waals surface area contributed by atoms with Crippen molar-refractivity contribution in [3.05, 3.63) is 11.6 Å². The molecule has 0 saturated carbocycles. The van der Waals surface area contributed by atoms with E-state index in [1.807, 2.05) is 13.0 Å². The smallest absolute Gasteiger partial charge is 0.148 e. The van der Waals surface area contributed by atoms with E-state index >= 15 is 0 Å². The molecule has 4 heteroatoms. The van der Waals surface area contributed by atoms with E-state index in [0.29, 0.717) is 18.3 Å². The van der Waals surface area contributed by atoms with E-state index in [-0.39, 0.29) is 6.61 Å². The molecular formula is C10H19N3O. The molecule has 0 aliphatic rings. The Balaban J connectivity index is 4.43. The van der Waals surface area contributed by atoms with Crippen molar-refractivity contribution in [2.24, 2.45) is 16.1 Å². The van der Waals surface area contributed by atoms with Gasteiger partial charge in [0.25, 0.3) is 0 Å². The van der Waals surface area contributed by atoms with E-state index in [2.05, 4.69) is 36.1 Å². The predicted molar refractivity (Wildman–Crippen MR) is 60.7 cm³/mol. The van der Waals surface area contributed by atoms with Gasteiger partial charge in [0.15, 0.2) is 0 Å². The highest BCUT2D eigenvalue weighted by Gasteiger charge is 1.99. The third-order valence-corrected chi connectivity index (χ3v) is 1.87. The summed E-state index contributed by atoms with van der Waals surface area (Å²) in [4.78, 5) is 0. The molecule has 0 radical (unpaired) electrons. The summed E-state index contributed by atoms with van der Waals surface area (Å²) >= 11 is 0. The number of nitrogens with one attached hydrogen (secondary N) is 1. The molecule has 0 aromatic carbocycles. The van der Waals surface area contributed by atoms with Crippen LogP contribution < -0.4 is 5.32 Å². The van der Waals surface area contributed by atoms with E-state index in [1.54, 1.807) is 0 Å². The first-order valence-electron chi connectivity index (χ1n) is 4.68. The lowest BCUT2D eigenvalue weighted by Gasteiger charge is -2.07. The Bertz CT molecular complexity index is 232. The minimum absolute atomic E-state index is 0.0741. The summed E-state index contributed by atoms with van der Waals surface area (Å²) in [7, 11) is 0. The van der Waals surface area contributed by atoms with Crippen LogP contribution in [0.4, 0.5) is 0 Å². The van der Waals surface area contributed by atoms with Crippen LogP contribution in [0, 0.1) is 5.92 Å². The van der Waals surface area contributed by atoms with E-state index in [1.165, 1.54) is 5.57 Å². The summed E-state index contributed by atoms with van der Waals surface area (Å²) < 4.78 is 0. The van der Waals surface area contributed by atoms with Gasteiger partial charge in [-0.25, -0.2) is 0 Å². The second-order valence-corrected chi connectivity index (χ2v) is 3.32. The molecule has 0 aromatic rings. The summed E-state index contributed by atoms with van der Waals surface area (Å²) in [6, 6.07) is 0. The van der Waals surface area contributed by atoms with Gasteiger partial charge in [-0.3, -0.25) is 0 Å². The van der Waals surface area contributed by atoms with Crippen molar-refractivity contribution in [2.45, 2.75) is 20.8 Å². The Morgan fingerprint density at radius 1 is 1.57 bits per heavy atom. The molecule has 0 rings (SSSR count). The first kappa shape index (κ1) is 12.8. The number of hydrogen-bond donors (Lipinski definition) is 2. The van der Waals surface area contributed by atoms with Gasteiger partial charge in [-0.1, -0.05) is 19.4 Å². The van der Waals surface area contributed by atoms with Crippen molar-refractivity contribution in [3.63, 3.8) is 0 Å².